The molecule has 0 fully saturated rings. The summed E-state index contributed by atoms with van der Waals surface area (Å²) in [6.07, 6.45) is 2.90. The van der Waals surface area contributed by atoms with Crippen LogP contribution in [0.4, 0.5) is 5.69 Å². The van der Waals surface area contributed by atoms with Crippen LogP contribution in [0.5, 0.6) is 0 Å². The summed E-state index contributed by atoms with van der Waals surface area (Å²) in [6.45, 7) is 5.81. The molecule has 0 unspecified atom stereocenters. The SMILES string of the molecule is CCN(CCNC(=O)COC(=O)/C=C/c1nc2ccccc2s1)c1cccc(C)c1. The molecule has 0 bridgehead atoms. The first kappa shape index (κ1) is 21.5. The van der Waals surface area contributed by atoms with Crippen molar-refractivity contribution in [3.05, 3.63) is 65.2 Å². The van der Waals surface area contributed by atoms with Crippen LogP contribution in [0.1, 0.15) is 17.5 Å². The van der Waals surface area contributed by atoms with E-state index in [2.05, 4.69) is 47.2 Å². The minimum absolute atomic E-state index is 0.306. The standard InChI is InChI=1S/C23H25N3O3S/c1-3-26(18-8-6-7-17(2)15-18)14-13-24-21(27)16-29-23(28)12-11-22-25-19-9-4-5-10-20(19)30-22/h4-12,15H,3,13-14,16H2,1-2H3,(H,24,27)/b12-11+. The lowest BCUT2D eigenvalue weighted by Gasteiger charge is -2.23. The highest BCUT2D eigenvalue weighted by Gasteiger charge is 2.08. The van der Waals surface area contributed by atoms with Crippen LogP contribution in [0.15, 0.2) is 54.6 Å². The fraction of sp³-hybridized carbons (Fsp3) is 0.261. The van der Waals surface area contributed by atoms with Gasteiger partial charge in [0.15, 0.2) is 6.61 Å². The highest BCUT2D eigenvalue weighted by atomic mass is 32.1. The molecule has 0 saturated carbocycles. The van der Waals surface area contributed by atoms with Crippen LogP contribution in [0.3, 0.4) is 0 Å². The summed E-state index contributed by atoms with van der Waals surface area (Å²) < 4.78 is 6.06. The summed E-state index contributed by atoms with van der Waals surface area (Å²) in [5.41, 5.74) is 3.21. The van der Waals surface area contributed by atoms with Gasteiger partial charge in [0.1, 0.15) is 5.01 Å². The van der Waals surface area contributed by atoms with Gasteiger partial charge in [-0.05, 0) is 49.8 Å². The molecule has 0 aliphatic carbocycles. The van der Waals surface area contributed by atoms with E-state index in [1.807, 2.05) is 30.3 Å². The van der Waals surface area contributed by atoms with Crippen molar-refractivity contribution in [2.24, 2.45) is 0 Å². The van der Waals surface area contributed by atoms with Gasteiger partial charge in [-0.25, -0.2) is 9.78 Å². The lowest BCUT2D eigenvalue weighted by Crippen LogP contribution is -2.36. The smallest absolute Gasteiger partial charge is 0.331 e. The Bertz CT molecular complexity index is 1010. The molecule has 1 aromatic heterocycles. The van der Waals surface area contributed by atoms with Crippen molar-refractivity contribution >= 4 is 45.2 Å². The number of fused-ring (bicyclic) bond motifs is 1. The van der Waals surface area contributed by atoms with E-state index in [9.17, 15) is 9.59 Å². The first-order valence-electron chi connectivity index (χ1n) is 9.84. The predicted molar refractivity (Wildman–Crippen MR) is 122 cm³/mol. The number of likely N-dealkylation sites (N-methyl/N-ethyl adjacent to an activating group) is 1. The average Bonchev–Trinajstić information content (AvgIpc) is 3.17. The number of rotatable bonds is 9. The Balaban J connectivity index is 1.40. The summed E-state index contributed by atoms with van der Waals surface area (Å²) in [5, 5.41) is 3.50. The number of nitrogens with one attached hydrogen (secondary N) is 1. The maximum Gasteiger partial charge on any atom is 0.331 e. The van der Waals surface area contributed by atoms with Crippen LogP contribution >= 0.6 is 11.3 Å². The second-order valence-corrected chi connectivity index (χ2v) is 7.79. The number of hydrogen-bond acceptors (Lipinski definition) is 6. The number of amides is 1. The molecule has 7 heteroatoms. The van der Waals surface area contributed by atoms with Crippen LogP contribution in [0.2, 0.25) is 0 Å². The topological polar surface area (TPSA) is 71.5 Å². The van der Waals surface area contributed by atoms with Crippen LogP contribution in [-0.4, -0.2) is 43.1 Å². The molecule has 6 nitrogen and oxygen atoms in total. The Morgan fingerprint density at radius 2 is 2.03 bits per heavy atom. The highest BCUT2D eigenvalue weighted by molar-refractivity contribution is 7.19. The molecule has 0 aliphatic heterocycles. The summed E-state index contributed by atoms with van der Waals surface area (Å²) in [7, 11) is 0. The van der Waals surface area contributed by atoms with E-state index < -0.39 is 5.97 Å². The Morgan fingerprint density at radius 1 is 1.20 bits per heavy atom. The van der Waals surface area contributed by atoms with Crippen LogP contribution in [0.25, 0.3) is 16.3 Å². The number of hydrogen-bond donors (Lipinski definition) is 1. The number of ether oxygens (including phenoxy) is 1. The number of aryl methyl sites for hydroxylation is 1. The number of thiazole rings is 1. The highest BCUT2D eigenvalue weighted by Crippen LogP contribution is 2.22. The number of carbonyl (C=O) groups excluding carboxylic acids is 2. The summed E-state index contributed by atoms with van der Waals surface area (Å²) in [6, 6.07) is 16.0. The quantitative estimate of drug-likeness (QED) is 0.419. The van der Waals surface area contributed by atoms with Crippen molar-refractivity contribution in [3.63, 3.8) is 0 Å². The number of esters is 1. The first-order chi connectivity index (χ1) is 14.5. The largest absolute Gasteiger partial charge is 0.452 e. The third-order valence-corrected chi connectivity index (χ3v) is 5.47. The molecular weight excluding hydrogens is 398 g/mol. The van der Waals surface area contributed by atoms with E-state index in [1.165, 1.54) is 23.0 Å². The Kier molecular flexibility index (Phi) is 7.57. The van der Waals surface area contributed by atoms with E-state index in [0.29, 0.717) is 18.1 Å². The summed E-state index contributed by atoms with van der Waals surface area (Å²) in [4.78, 5) is 30.4. The maximum absolute atomic E-state index is 12.0. The van der Waals surface area contributed by atoms with Gasteiger partial charge in [-0.3, -0.25) is 4.79 Å². The minimum Gasteiger partial charge on any atom is -0.452 e. The van der Waals surface area contributed by atoms with Crippen LogP contribution in [0, 0.1) is 6.92 Å². The molecule has 2 aromatic carbocycles. The van der Waals surface area contributed by atoms with Crippen LogP contribution in [-0.2, 0) is 14.3 Å². The zero-order chi connectivity index (χ0) is 21.3. The molecule has 0 atom stereocenters. The number of nitrogens with zero attached hydrogens (tertiary/aromatic N) is 2. The van der Waals surface area contributed by atoms with Gasteiger partial charge in [0, 0.05) is 31.4 Å². The molecule has 156 valence electrons. The number of para-hydroxylation sites is 1. The molecular formula is C23H25N3O3S. The molecule has 1 amide bonds. The second kappa shape index (κ2) is 10.5. The van der Waals surface area contributed by atoms with E-state index in [0.717, 1.165) is 22.4 Å². The van der Waals surface area contributed by atoms with Gasteiger partial charge in [-0.1, -0.05) is 24.3 Å². The Labute approximate surface area is 180 Å². The van der Waals surface area contributed by atoms with Crippen molar-refractivity contribution < 1.29 is 14.3 Å². The van der Waals surface area contributed by atoms with E-state index in [1.54, 1.807) is 6.08 Å². The summed E-state index contributed by atoms with van der Waals surface area (Å²) >= 11 is 1.49. The normalized spacial score (nSPS) is 11.0. The number of benzene rings is 2. The lowest BCUT2D eigenvalue weighted by molar-refractivity contribution is -0.143. The Hall–Kier alpha value is -3.19. The molecule has 30 heavy (non-hydrogen) atoms. The molecule has 1 N–H and O–H groups in total. The second-order valence-electron chi connectivity index (χ2n) is 6.73. The zero-order valence-electron chi connectivity index (χ0n) is 17.1. The first-order valence-corrected chi connectivity index (χ1v) is 10.7. The van der Waals surface area contributed by atoms with Gasteiger partial charge in [0.05, 0.1) is 10.2 Å². The monoisotopic (exact) mass is 423 g/mol. The van der Waals surface area contributed by atoms with E-state index in [-0.39, 0.29) is 12.5 Å². The molecule has 0 spiro atoms. The van der Waals surface area contributed by atoms with Gasteiger partial charge < -0.3 is 15.0 Å². The van der Waals surface area contributed by atoms with E-state index in [4.69, 9.17) is 4.74 Å². The fourth-order valence-electron chi connectivity index (χ4n) is 2.96. The Morgan fingerprint density at radius 3 is 2.80 bits per heavy atom. The summed E-state index contributed by atoms with van der Waals surface area (Å²) in [5.74, 6) is -0.892. The molecule has 0 saturated heterocycles. The van der Waals surface area contributed by atoms with Crippen molar-refractivity contribution in [3.8, 4) is 0 Å². The minimum atomic E-state index is -0.570. The van der Waals surface area contributed by atoms with Crippen LogP contribution < -0.4 is 10.2 Å². The third kappa shape index (κ3) is 6.15. The average molecular weight is 424 g/mol. The van der Waals surface area contributed by atoms with Crippen molar-refractivity contribution in [1.82, 2.24) is 10.3 Å². The van der Waals surface area contributed by atoms with Gasteiger partial charge in [0.25, 0.3) is 5.91 Å². The van der Waals surface area contributed by atoms with E-state index >= 15 is 0 Å². The maximum atomic E-state index is 12.0. The van der Waals surface area contributed by atoms with Crippen molar-refractivity contribution in [2.75, 3.05) is 31.1 Å². The zero-order valence-corrected chi connectivity index (χ0v) is 17.9. The molecule has 0 radical (unpaired) electrons. The number of carbonyl (C=O) groups is 2. The molecule has 3 aromatic rings. The van der Waals surface area contributed by atoms with Gasteiger partial charge in [-0.15, -0.1) is 11.3 Å². The molecule has 3 rings (SSSR count). The van der Waals surface area contributed by atoms with Gasteiger partial charge >= 0.3 is 5.97 Å². The van der Waals surface area contributed by atoms with Crippen molar-refractivity contribution in [1.29, 1.82) is 0 Å². The van der Waals surface area contributed by atoms with Gasteiger partial charge in [-0.2, -0.15) is 0 Å². The lowest BCUT2D eigenvalue weighted by atomic mass is 10.2. The predicted octanol–water partition coefficient (Wildman–Crippen LogP) is 3.80. The molecule has 1 heterocycles. The number of anilines is 1. The number of aromatic nitrogens is 1. The fourth-order valence-corrected chi connectivity index (χ4v) is 3.83. The van der Waals surface area contributed by atoms with Gasteiger partial charge in [0.2, 0.25) is 0 Å². The van der Waals surface area contributed by atoms with Crippen molar-refractivity contribution in [2.45, 2.75) is 13.8 Å². The molecule has 0 aliphatic rings. The third-order valence-electron chi connectivity index (χ3n) is 4.47.